The molecule has 0 amide bonds. The molecular weight excluding hydrogens is 232 g/mol. The summed E-state index contributed by atoms with van der Waals surface area (Å²) in [6, 6.07) is 2.96. The third-order valence-electron chi connectivity index (χ3n) is 2.87. The Morgan fingerprint density at radius 1 is 1.61 bits per heavy atom. The molecule has 1 aromatic rings. The molecule has 0 unspecified atom stereocenters. The van der Waals surface area contributed by atoms with Crippen molar-refractivity contribution in [2.45, 2.75) is 12.8 Å². The Bertz CT molecular complexity index is 505. The van der Waals surface area contributed by atoms with Gasteiger partial charge in [-0.1, -0.05) is 5.92 Å². The van der Waals surface area contributed by atoms with Crippen molar-refractivity contribution >= 4 is 17.3 Å². The zero-order valence-corrected chi connectivity index (χ0v) is 9.87. The molecule has 6 nitrogen and oxygen atoms in total. The highest BCUT2D eigenvalue weighted by Gasteiger charge is 2.25. The predicted molar refractivity (Wildman–Crippen MR) is 69.1 cm³/mol. The summed E-state index contributed by atoms with van der Waals surface area (Å²) in [5.74, 6) is 3.74. The molecule has 1 fully saturated rings. The van der Waals surface area contributed by atoms with Gasteiger partial charge >= 0.3 is 5.69 Å². The first kappa shape index (κ1) is 12.2. The normalized spacial score (nSPS) is 13.9. The minimum absolute atomic E-state index is 0.0738. The molecule has 0 aromatic carbocycles. The van der Waals surface area contributed by atoms with Gasteiger partial charge in [-0.3, -0.25) is 10.1 Å². The number of hydrogen-bond acceptors (Lipinski definition) is 5. The van der Waals surface area contributed by atoms with Crippen LogP contribution in [0.15, 0.2) is 12.1 Å². The van der Waals surface area contributed by atoms with Crippen molar-refractivity contribution in [2.75, 3.05) is 23.7 Å². The van der Waals surface area contributed by atoms with Crippen molar-refractivity contribution in [2.24, 2.45) is 5.92 Å². The van der Waals surface area contributed by atoms with Gasteiger partial charge in [0.25, 0.3) is 0 Å². The summed E-state index contributed by atoms with van der Waals surface area (Å²) in [4.78, 5) is 16.1. The van der Waals surface area contributed by atoms with Crippen molar-refractivity contribution in [1.82, 2.24) is 4.98 Å². The molecular formula is C12H14N4O2. The van der Waals surface area contributed by atoms with Crippen LogP contribution >= 0.6 is 0 Å². The van der Waals surface area contributed by atoms with Gasteiger partial charge in [-0.15, -0.1) is 6.42 Å². The van der Waals surface area contributed by atoms with Crippen LogP contribution < -0.4 is 10.6 Å². The Morgan fingerprint density at radius 2 is 2.33 bits per heavy atom. The number of pyridine rings is 1. The lowest BCUT2D eigenvalue weighted by Gasteiger charge is -2.21. The van der Waals surface area contributed by atoms with E-state index in [9.17, 15) is 10.1 Å². The van der Waals surface area contributed by atoms with Gasteiger partial charge in [-0.05, 0) is 24.8 Å². The second kappa shape index (κ2) is 4.92. The van der Waals surface area contributed by atoms with Crippen molar-refractivity contribution < 1.29 is 4.92 Å². The minimum atomic E-state index is -0.543. The van der Waals surface area contributed by atoms with Crippen molar-refractivity contribution in [1.29, 1.82) is 0 Å². The summed E-state index contributed by atoms with van der Waals surface area (Å²) < 4.78 is 0. The maximum Gasteiger partial charge on any atom is 0.311 e. The van der Waals surface area contributed by atoms with Gasteiger partial charge in [0.15, 0.2) is 0 Å². The van der Waals surface area contributed by atoms with E-state index in [-0.39, 0.29) is 11.5 Å². The standard InChI is InChI=1S/C12H14N4O2/c1-2-7-15(8-9-3-4-9)11-6-5-10(16(17)18)12(13)14-11/h1,5-6,9H,3-4,7-8H2,(H2,13,14). The average molecular weight is 246 g/mol. The van der Waals surface area contributed by atoms with E-state index in [1.165, 1.54) is 18.9 Å². The molecule has 0 saturated heterocycles. The van der Waals surface area contributed by atoms with E-state index in [0.29, 0.717) is 18.3 Å². The van der Waals surface area contributed by atoms with E-state index in [0.717, 1.165) is 6.54 Å². The molecule has 0 radical (unpaired) electrons. The summed E-state index contributed by atoms with van der Waals surface area (Å²) in [5, 5.41) is 10.7. The van der Waals surface area contributed by atoms with Crippen LogP contribution in [0, 0.1) is 28.4 Å². The lowest BCUT2D eigenvalue weighted by molar-refractivity contribution is -0.384. The Kier molecular flexibility index (Phi) is 3.33. The van der Waals surface area contributed by atoms with Gasteiger partial charge in [-0.2, -0.15) is 0 Å². The molecule has 0 atom stereocenters. The molecule has 18 heavy (non-hydrogen) atoms. The smallest absolute Gasteiger partial charge is 0.311 e. The number of nitrogens with two attached hydrogens (primary N) is 1. The third-order valence-corrected chi connectivity index (χ3v) is 2.87. The second-order valence-electron chi connectivity index (χ2n) is 4.36. The fourth-order valence-corrected chi connectivity index (χ4v) is 1.75. The average Bonchev–Trinajstić information content (AvgIpc) is 3.11. The molecule has 1 aliphatic rings. The van der Waals surface area contributed by atoms with Gasteiger partial charge in [0.2, 0.25) is 5.82 Å². The number of nitrogens with zero attached hydrogens (tertiary/aromatic N) is 3. The van der Waals surface area contributed by atoms with Crippen molar-refractivity contribution in [3.8, 4) is 12.3 Å². The number of nitro groups is 1. The molecule has 6 heteroatoms. The summed E-state index contributed by atoms with van der Waals surface area (Å²) >= 11 is 0. The monoisotopic (exact) mass is 246 g/mol. The molecule has 1 saturated carbocycles. The fourth-order valence-electron chi connectivity index (χ4n) is 1.75. The molecule has 1 aliphatic carbocycles. The second-order valence-corrected chi connectivity index (χ2v) is 4.36. The maximum atomic E-state index is 10.7. The lowest BCUT2D eigenvalue weighted by atomic mass is 10.3. The van der Waals surface area contributed by atoms with Crippen molar-refractivity contribution in [3.63, 3.8) is 0 Å². The number of nitrogen functional groups attached to an aromatic ring is 1. The van der Waals surface area contributed by atoms with Gasteiger partial charge in [0, 0.05) is 12.6 Å². The molecule has 1 heterocycles. The Labute approximate surface area is 105 Å². The summed E-state index contributed by atoms with van der Waals surface area (Å²) in [5.41, 5.74) is 5.40. The van der Waals surface area contributed by atoms with Gasteiger partial charge in [-0.25, -0.2) is 4.98 Å². The first-order valence-corrected chi connectivity index (χ1v) is 5.71. The highest BCUT2D eigenvalue weighted by atomic mass is 16.6. The van der Waals surface area contributed by atoms with Crippen LogP contribution in [-0.2, 0) is 0 Å². The molecule has 0 bridgehead atoms. The van der Waals surface area contributed by atoms with Crippen LogP contribution in [0.4, 0.5) is 17.3 Å². The third kappa shape index (κ3) is 2.69. The predicted octanol–water partition coefficient (Wildman–Crippen LogP) is 1.42. The molecule has 94 valence electrons. The quantitative estimate of drug-likeness (QED) is 0.482. The van der Waals surface area contributed by atoms with E-state index in [4.69, 9.17) is 12.2 Å². The zero-order valence-electron chi connectivity index (χ0n) is 9.87. The van der Waals surface area contributed by atoms with Crippen molar-refractivity contribution in [3.05, 3.63) is 22.2 Å². The van der Waals surface area contributed by atoms with Gasteiger partial charge in [0.05, 0.1) is 11.5 Å². The molecule has 2 rings (SSSR count). The van der Waals surface area contributed by atoms with Gasteiger partial charge in [0.1, 0.15) is 5.82 Å². The zero-order chi connectivity index (χ0) is 13.1. The summed E-state index contributed by atoms with van der Waals surface area (Å²) in [7, 11) is 0. The Balaban J connectivity index is 2.21. The van der Waals surface area contributed by atoms with E-state index in [2.05, 4.69) is 10.9 Å². The summed E-state index contributed by atoms with van der Waals surface area (Å²) in [6.45, 7) is 1.26. The molecule has 1 aromatic heterocycles. The SMILES string of the molecule is C#CCN(CC1CC1)c1ccc([N+](=O)[O-])c(N)n1. The van der Waals surface area contributed by atoms with Crippen LogP contribution in [0.3, 0.4) is 0 Å². The maximum absolute atomic E-state index is 10.7. The minimum Gasteiger partial charge on any atom is -0.378 e. The van der Waals surface area contributed by atoms with Crippen LogP contribution in [0.2, 0.25) is 0 Å². The number of rotatable bonds is 5. The summed E-state index contributed by atoms with van der Waals surface area (Å²) in [6.07, 6.45) is 7.72. The van der Waals surface area contributed by atoms with E-state index in [1.807, 2.05) is 4.90 Å². The topological polar surface area (TPSA) is 85.3 Å². The van der Waals surface area contributed by atoms with E-state index >= 15 is 0 Å². The highest BCUT2D eigenvalue weighted by molar-refractivity contribution is 5.58. The molecule has 0 aliphatic heterocycles. The number of terminal acetylenes is 1. The first-order valence-electron chi connectivity index (χ1n) is 5.71. The van der Waals surface area contributed by atoms with Crippen LogP contribution in [0.1, 0.15) is 12.8 Å². The van der Waals surface area contributed by atoms with Crippen LogP contribution in [-0.4, -0.2) is 23.0 Å². The Hall–Kier alpha value is -2.29. The molecule has 0 spiro atoms. The molecule has 2 N–H and O–H groups in total. The Morgan fingerprint density at radius 3 is 2.83 bits per heavy atom. The number of hydrogen-bond donors (Lipinski definition) is 1. The lowest BCUT2D eigenvalue weighted by Crippen LogP contribution is -2.27. The van der Waals surface area contributed by atoms with E-state index < -0.39 is 4.92 Å². The van der Waals surface area contributed by atoms with Gasteiger partial charge < -0.3 is 10.6 Å². The van der Waals surface area contributed by atoms with Crippen LogP contribution in [0.25, 0.3) is 0 Å². The number of anilines is 2. The highest BCUT2D eigenvalue weighted by Crippen LogP contribution is 2.31. The first-order chi connectivity index (χ1) is 8.61. The largest absolute Gasteiger partial charge is 0.378 e. The van der Waals surface area contributed by atoms with E-state index in [1.54, 1.807) is 6.07 Å². The number of aromatic nitrogens is 1. The van der Waals surface area contributed by atoms with Crippen LogP contribution in [0.5, 0.6) is 0 Å². The fraction of sp³-hybridized carbons (Fsp3) is 0.417.